The van der Waals surface area contributed by atoms with E-state index >= 15 is 0 Å². The fourth-order valence-electron chi connectivity index (χ4n) is 2.83. The molecule has 0 saturated heterocycles. The Kier molecular flexibility index (Phi) is 5.22. The lowest BCUT2D eigenvalue weighted by atomic mass is 10.4. The van der Waals surface area contributed by atoms with E-state index in [-0.39, 0.29) is 0 Å². The van der Waals surface area contributed by atoms with Gasteiger partial charge in [0.05, 0.1) is 23.4 Å². The number of hydrogen-bond acceptors (Lipinski definition) is 3. The summed E-state index contributed by atoms with van der Waals surface area (Å²) >= 11 is 6.37. The Morgan fingerprint density at radius 2 is 1.40 bits per heavy atom. The molecule has 0 amide bonds. The highest BCUT2D eigenvalue weighted by Crippen LogP contribution is 2.42. The third kappa shape index (κ3) is 3.46. The summed E-state index contributed by atoms with van der Waals surface area (Å²) < 4.78 is 2.17. The Bertz CT molecular complexity index is 871. The van der Waals surface area contributed by atoms with Gasteiger partial charge in [0.2, 0.25) is 0 Å². The van der Waals surface area contributed by atoms with Crippen LogP contribution in [0.1, 0.15) is 5.69 Å². The van der Waals surface area contributed by atoms with Crippen LogP contribution in [0.4, 0.5) is 0 Å². The van der Waals surface area contributed by atoms with Gasteiger partial charge in [-0.2, -0.15) is 5.10 Å². The van der Waals surface area contributed by atoms with Crippen molar-refractivity contribution in [2.45, 2.75) is 0 Å². The number of rotatable bonds is 5. The van der Waals surface area contributed by atoms with Crippen molar-refractivity contribution in [2.24, 2.45) is 12.1 Å². The van der Waals surface area contributed by atoms with E-state index in [0.29, 0.717) is 0 Å². The minimum absolute atomic E-state index is 1.05. The highest BCUT2D eigenvalue weighted by atomic mass is 32.4. The predicted molar refractivity (Wildman–Crippen MR) is 113 cm³/mol. The van der Waals surface area contributed by atoms with Gasteiger partial charge in [0, 0.05) is 21.1 Å². The molecule has 1 heterocycles. The van der Waals surface area contributed by atoms with Gasteiger partial charge in [-0.25, -0.2) is 0 Å². The van der Waals surface area contributed by atoms with E-state index < -0.39 is 6.04 Å². The smallest absolute Gasteiger partial charge is 0.0707 e. The van der Waals surface area contributed by atoms with E-state index in [4.69, 9.17) is 11.8 Å². The first-order valence-electron chi connectivity index (χ1n) is 8.12. The van der Waals surface area contributed by atoms with Gasteiger partial charge < -0.3 is 9.58 Å². The average Bonchev–Trinajstić information content (AvgIpc) is 3.02. The topological polar surface area (TPSA) is 20.5 Å². The molecule has 0 aliphatic carbocycles. The van der Waals surface area contributed by atoms with Crippen molar-refractivity contribution in [3.8, 4) is 0 Å². The molecule has 0 aliphatic rings. The van der Waals surface area contributed by atoms with Gasteiger partial charge >= 0.3 is 0 Å². The van der Waals surface area contributed by atoms with Gasteiger partial charge in [-0.05, 0) is 22.7 Å². The van der Waals surface area contributed by atoms with Crippen LogP contribution in [-0.4, -0.2) is 29.9 Å². The predicted octanol–water partition coefficient (Wildman–Crippen LogP) is 2.68. The standard InChI is InChI=1S/C20H22N3PS/c1-22(2)21-16-17-14-15-20(23(17)3)24(25,18-10-6-4-7-11-18)19-12-8-5-9-13-19/h4-16H,1-3H3/b21-16+. The van der Waals surface area contributed by atoms with Crippen LogP contribution in [-0.2, 0) is 18.9 Å². The summed E-state index contributed by atoms with van der Waals surface area (Å²) in [6, 6.07) is 23.0. The summed E-state index contributed by atoms with van der Waals surface area (Å²) in [5.74, 6) is 0. The first-order valence-corrected chi connectivity index (χ1v) is 10.9. The van der Waals surface area contributed by atoms with Gasteiger partial charge in [0.15, 0.2) is 0 Å². The average molecular weight is 367 g/mol. The highest BCUT2D eigenvalue weighted by molar-refractivity contribution is 8.25. The van der Waals surface area contributed by atoms with E-state index in [0.717, 1.165) is 5.69 Å². The van der Waals surface area contributed by atoms with Crippen LogP contribution in [0.5, 0.6) is 0 Å². The second kappa shape index (κ2) is 7.38. The maximum atomic E-state index is 6.37. The maximum absolute atomic E-state index is 6.37. The Morgan fingerprint density at radius 1 is 0.880 bits per heavy atom. The van der Waals surface area contributed by atoms with Crippen LogP contribution in [0.3, 0.4) is 0 Å². The molecule has 0 spiro atoms. The molecule has 0 bridgehead atoms. The third-order valence-corrected chi connectivity index (χ3v) is 9.09. The van der Waals surface area contributed by atoms with Gasteiger partial charge in [-0.15, -0.1) is 0 Å². The zero-order valence-corrected chi connectivity index (χ0v) is 16.4. The van der Waals surface area contributed by atoms with Gasteiger partial charge in [0.1, 0.15) is 0 Å². The summed E-state index contributed by atoms with van der Waals surface area (Å²) in [6.07, 6.45) is 1.87. The van der Waals surface area contributed by atoms with Crippen LogP contribution in [0, 0.1) is 0 Å². The molecule has 2 aromatic carbocycles. The van der Waals surface area contributed by atoms with Crippen molar-refractivity contribution >= 4 is 40.1 Å². The number of hydrogen-bond donors (Lipinski definition) is 0. The molecule has 1 aromatic heterocycles. The Balaban J connectivity index is 2.20. The number of aromatic nitrogens is 1. The van der Waals surface area contributed by atoms with E-state index in [1.807, 2.05) is 32.4 Å². The van der Waals surface area contributed by atoms with Gasteiger partial charge in [0.25, 0.3) is 0 Å². The van der Waals surface area contributed by atoms with E-state index in [1.165, 1.54) is 16.0 Å². The fourth-order valence-corrected chi connectivity index (χ4v) is 6.94. The lowest BCUT2D eigenvalue weighted by molar-refractivity contribution is 0.440. The third-order valence-electron chi connectivity index (χ3n) is 4.12. The first kappa shape index (κ1) is 17.7. The fraction of sp³-hybridized carbons (Fsp3) is 0.150. The molecule has 25 heavy (non-hydrogen) atoms. The van der Waals surface area contributed by atoms with Crippen molar-refractivity contribution in [2.75, 3.05) is 14.1 Å². The summed E-state index contributed by atoms with van der Waals surface area (Å²) in [4.78, 5) is 0. The minimum atomic E-state index is -2.12. The lowest BCUT2D eigenvalue weighted by Gasteiger charge is -2.24. The number of benzene rings is 2. The minimum Gasteiger partial charge on any atom is -0.342 e. The summed E-state index contributed by atoms with van der Waals surface area (Å²) in [5.41, 5.74) is 2.21. The van der Waals surface area contributed by atoms with Crippen molar-refractivity contribution in [3.05, 3.63) is 78.5 Å². The van der Waals surface area contributed by atoms with Crippen molar-refractivity contribution in [1.82, 2.24) is 9.58 Å². The zero-order chi connectivity index (χ0) is 17.9. The molecule has 0 atom stereocenters. The molecule has 3 aromatic rings. The zero-order valence-electron chi connectivity index (χ0n) is 14.7. The summed E-state index contributed by atoms with van der Waals surface area (Å²) in [5, 5.41) is 8.56. The Labute approximate surface area is 154 Å². The van der Waals surface area contributed by atoms with Crippen LogP contribution in [0.15, 0.2) is 77.9 Å². The molecule has 5 heteroatoms. The molecule has 3 nitrogen and oxygen atoms in total. The molecule has 0 unspecified atom stereocenters. The molecular weight excluding hydrogens is 345 g/mol. The largest absolute Gasteiger partial charge is 0.342 e. The van der Waals surface area contributed by atoms with E-state index in [2.05, 4.69) is 77.4 Å². The van der Waals surface area contributed by atoms with E-state index in [9.17, 15) is 0 Å². The lowest BCUT2D eigenvalue weighted by Crippen LogP contribution is -2.29. The molecule has 0 N–H and O–H groups in total. The Hall–Kier alpha value is -2.16. The number of hydrazone groups is 1. The van der Waals surface area contributed by atoms with Gasteiger partial charge in [-0.3, -0.25) is 0 Å². The van der Waals surface area contributed by atoms with Crippen LogP contribution in [0.25, 0.3) is 0 Å². The second-order valence-corrected chi connectivity index (χ2v) is 10.4. The van der Waals surface area contributed by atoms with Crippen molar-refractivity contribution in [1.29, 1.82) is 0 Å². The van der Waals surface area contributed by atoms with Crippen molar-refractivity contribution in [3.63, 3.8) is 0 Å². The SMILES string of the molecule is CN(C)/N=C/c1ccc(P(=S)(c2ccccc2)c2ccccc2)n1C. The van der Waals surface area contributed by atoms with Crippen LogP contribution in [0.2, 0.25) is 0 Å². The number of nitrogens with zero attached hydrogens (tertiary/aromatic N) is 3. The van der Waals surface area contributed by atoms with Gasteiger partial charge in [-0.1, -0.05) is 72.5 Å². The summed E-state index contributed by atoms with van der Waals surface area (Å²) in [7, 11) is 5.90. The first-order chi connectivity index (χ1) is 12.0. The monoisotopic (exact) mass is 367 g/mol. The molecule has 0 saturated carbocycles. The molecule has 3 rings (SSSR count). The van der Waals surface area contributed by atoms with Crippen LogP contribution < -0.4 is 16.0 Å². The molecule has 128 valence electrons. The Morgan fingerprint density at radius 3 is 1.88 bits per heavy atom. The van der Waals surface area contributed by atoms with Crippen LogP contribution >= 0.6 is 6.04 Å². The normalized spacial score (nSPS) is 11.8. The highest BCUT2D eigenvalue weighted by Gasteiger charge is 2.27. The maximum Gasteiger partial charge on any atom is 0.0707 e. The van der Waals surface area contributed by atoms with Crippen molar-refractivity contribution < 1.29 is 0 Å². The molecule has 0 aliphatic heterocycles. The molecule has 0 fully saturated rings. The quantitative estimate of drug-likeness (QED) is 0.393. The molecular formula is C20H22N3PS. The second-order valence-electron chi connectivity index (χ2n) is 6.05. The molecule has 0 radical (unpaired) electrons. The summed E-state index contributed by atoms with van der Waals surface area (Å²) in [6.45, 7) is 0. The van der Waals surface area contributed by atoms with E-state index in [1.54, 1.807) is 5.01 Å².